The molecule has 9 heteroatoms. The van der Waals surface area contributed by atoms with Crippen molar-refractivity contribution < 1.29 is 4.31 Å². The Labute approximate surface area is 114 Å². The maximum atomic E-state index is 6.06. The monoisotopic (exact) mass is 400 g/mol. The fraction of sp³-hybridized carbons (Fsp3) is 1.00. The van der Waals surface area contributed by atoms with Gasteiger partial charge in [-0.3, -0.25) is 0 Å². The third-order valence-corrected chi connectivity index (χ3v) is 9.46. The summed E-state index contributed by atoms with van der Waals surface area (Å²) in [6, 6.07) is 0. The topological polar surface area (TPSA) is 19.0 Å². The predicted octanol–water partition coefficient (Wildman–Crippen LogP) is 3.38. The molecule has 0 aromatic heterocycles. The second-order valence-electron chi connectivity index (χ2n) is 3.55. The molecule has 0 bridgehead atoms. The van der Waals surface area contributed by atoms with E-state index in [1.54, 1.807) is 0 Å². The van der Waals surface area contributed by atoms with Crippen LogP contribution < -0.4 is 0 Å². The molecule has 0 unspecified atom stereocenters. The van der Waals surface area contributed by atoms with Gasteiger partial charge >= 0.3 is 7.94 Å². The van der Waals surface area contributed by atoms with Gasteiger partial charge in [0, 0.05) is 42.3 Å². The highest BCUT2D eigenvalue weighted by Gasteiger charge is 2.53. The average molecular weight is 402 g/mol. The number of hydrogen-bond donors (Lipinski definition) is 0. The summed E-state index contributed by atoms with van der Waals surface area (Å²) in [5.74, 6) is 0. The molecule has 0 aromatic rings. The highest BCUT2D eigenvalue weighted by molar-refractivity contribution is 9.73. The van der Waals surface area contributed by atoms with Gasteiger partial charge < -0.3 is 0 Å². The molecule has 0 fully saturated rings. The molecule has 0 spiro atoms. The highest BCUT2D eigenvalue weighted by atomic mass is 79.9. The van der Waals surface area contributed by atoms with E-state index in [0.717, 1.165) is 0 Å². The van der Waals surface area contributed by atoms with Crippen LogP contribution in [0.25, 0.3) is 0 Å². The van der Waals surface area contributed by atoms with Crippen molar-refractivity contribution in [3.05, 3.63) is 0 Å². The molecule has 0 aliphatic heterocycles. The third-order valence-electron chi connectivity index (χ3n) is 1.77. The Morgan fingerprint density at radius 2 is 1.20 bits per heavy atom. The van der Waals surface area contributed by atoms with Gasteiger partial charge in [0.15, 0.2) is 0 Å². The van der Waals surface area contributed by atoms with E-state index in [2.05, 4.69) is 45.0 Å². The molecule has 0 aliphatic carbocycles. The van der Waals surface area contributed by atoms with Gasteiger partial charge in [-0.2, -0.15) is 0 Å². The standard InChI is InChI=1S/C6H18Br2N3OP2S/c1-9(2)14(10(3)4,11(5)6)12-13(7,8)15/h1-6H3/q+1. The Morgan fingerprint density at radius 1 is 0.933 bits per heavy atom. The van der Waals surface area contributed by atoms with Gasteiger partial charge in [-0.05, 0) is 42.8 Å². The smallest absolute Gasteiger partial charge is 0.131 e. The van der Waals surface area contributed by atoms with Crippen LogP contribution >= 0.6 is 42.6 Å². The highest BCUT2D eigenvalue weighted by Crippen LogP contribution is 2.79. The summed E-state index contributed by atoms with van der Waals surface area (Å²) in [5, 5.41) is 0. The summed E-state index contributed by atoms with van der Waals surface area (Å²) in [6.45, 7) is 0. The van der Waals surface area contributed by atoms with Gasteiger partial charge in [-0.1, -0.05) is 0 Å². The molecule has 0 atom stereocenters. The molecule has 0 aliphatic rings. The number of nitrogens with zero attached hydrogens (tertiary/aromatic N) is 3. The minimum Gasteiger partial charge on any atom is -0.131 e. The molecule has 0 saturated heterocycles. The zero-order chi connectivity index (χ0) is 12.4. The molecular formula is C6H18Br2N3OP2S+. The van der Waals surface area contributed by atoms with Crippen molar-refractivity contribution in [2.75, 3.05) is 42.3 Å². The van der Waals surface area contributed by atoms with Crippen molar-refractivity contribution in [1.82, 2.24) is 14.0 Å². The van der Waals surface area contributed by atoms with Crippen LogP contribution in [-0.2, 0) is 16.1 Å². The van der Waals surface area contributed by atoms with E-state index in [-0.39, 0.29) is 0 Å². The van der Waals surface area contributed by atoms with E-state index in [4.69, 9.17) is 16.1 Å². The number of hydrogen-bond acceptors (Lipinski definition) is 5. The fourth-order valence-corrected chi connectivity index (χ4v) is 10.3. The minimum absolute atomic E-state index is 1.98. The minimum atomic E-state index is -2.07. The SMILES string of the molecule is CN(C)[P+](OP(=S)(Br)Br)(N(C)C)N(C)C. The van der Waals surface area contributed by atoms with Gasteiger partial charge in [-0.25, -0.2) is 0 Å². The van der Waals surface area contributed by atoms with E-state index in [0.29, 0.717) is 0 Å². The molecule has 0 saturated carbocycles. The Balaban J connectivity index is 5.25. The van der Waals surface area contributed by atoms with Crippen LogP contribution in [0.2, 0.25) is 0 Å². The van der Waals surface area contributed by atoms with Crippen LogP contribution in [0.1, 0.15) is 0 Å². The van der Waals surface area contributed by atoms with E-state index in [1.165, 1.54) is 0 Å². The van der Waals surface area contributed by atoms with Crippen molar-refractivity contribution in [2.24, 2.45) is 0 Å². The lowest BCUT2D eigenvalue weighted by molar-refractivity contribution is 0.370. The molecule has 0 aromatic carbocycles. The molecule has 0 radical (unpaired) electrons. The van der Waals surface area contributed by atoms with Crippen LogP contribution in [0.3, 0.4) is 0 Å². The van der Waals surface area contributed by atoms with Crippen molar-refractivity contribution >= 4 is 54.4 Å². The molecule has 0 heterocycles. The Morgan fingerprint density at radius 3 is 1.27 bits per heavy atom. The van der Waals surface area contributed by atoms with Crippen molar-refractivity contribution in [3.63, 3.8) is 0 Å². The number of rotatable bonds is 5. The second kappa shape index (κ2) is 6.17. The quantitative estimate of drug-likeness (QED) is 0.655. The molecule has 4 nitrogen and oxygen atoms in total. The lowest BCUT2D eigenvalue weighted by Crippen LogP contribution is -2.36. The summed E-state index contributed by atoms with van der Waals surface area (Å²) in [6.07, 6.45) is 0. The van der Waals surface area contributed by atoms with Gasteiger partial charge in [0.2, 0.25) is 3.67 Å². The van der Waals surface area contributed by atoms with Gasteiger partial charge in [0.05, 0.1) is 0 Å². The first-order valence-electron chi connectivity index (χ1n) is 4.17. The van der Waals surface area contributed by atoms with Crippen LogP contribution in [-0.4, -0.2) is 56.3 Å². The zero-order valence-electron chi connectivity index (χ0n) is 9.81. The van der Waals surface area contributed by atoms with Gasteiger partial charge in [0.25, 0.3) is 0 Å². The van der Waals surface area contributed by atoms with E-state index in [9.17, 15) is 0 Å². The van der Waals surface area contributed by atoms with Crippen LogP contribution in [0, 0.1) is 0 Å². The lowest BCUT2D eigenvalue weighted by Gasteiger charge is -2.37. The molecule has 92 valence electrons. The molecule has 0 amide bonds. The van der Waals surface area contributed by atoms with Gasteiger partial charge in [0.1, 0.15) is 0 Å². The Hall–Kier alpha value is 1.88. The van der Waals surface area contributed by atoms with E-state index >= 15 is 0 Å². The summed E-state index contributed by atoms with van der Waals surface area (Å²) in [4.78, 5) is 0. The maximum Gasteiger partial charge on any atom is 0.376 e. The summed E-state index contributed by atoms with van der Waals surface area (Å²) in [5.41, 5.74) is 0. The summed E-state index contributed by atoms with van der Waals surface area (Å²) >= 11 is 12.0. The average Bonchev–Trinajstić information content (AvgIpc) is 1.96. The first-order valence-corrected chi connectivity index (χ1v) is 12.5. The van der Waals surface area contributed by atoms with Crippen molar-refractivity contribution in [2.45, 2.75) is 0 Å². The largest absolute Gasteiger partial charge is 0.376 e. The molecular weight excluding hydrogens is 384 g/mol. The molecule has 0 rings (SSSR count). The van der Waals surface area contributed by atoms with Crippen LogP contribution in [0.5, 0.6) is 0 Å². The third kappa shape index (κ3) is 4.57. The second-order valence-corrected chi connectivity index (χ2v) is 21.7. The maximum absolute atomic E-state index is 6.06. The normalized spacial score (nSPS) is 14.3. The summed E-state index contributed by atoms with van der Waals surface area (Å²) in [7, 11) is 10.0. The van der Waals surface area contributed by atoms with Gasteiger partial charge in [-0.15, -0.1) is 18.3 Å². The first-order chi connectivity index (χ1) is 6.54. The predicted molar refractivity (Wildman–Crippen MR) is 81.2 cm³/mol. The van der Waals surface area contributed by atoms with Crippen molar-refractivity contribution in [3.8, 4) is 0 Å². The van der Waals surface area contributed by atoms with E-state index < -0.39 is 11.6 Å². The number of halogens is 2. The zero-order valence-corrected chi connectivity index (χ0v) is 15.6. The fourth-order valence-electron chi connectivity index (χ4n) is 1.42. The lowest BCUT2D eigenvalue weighted by atomic mass is 11.2. The Bertz CT molecular complexity index is 237. The molecule has 15 heavy (non-hydrogen) atoms. The van der Waals surface area contributed by atoms with Crippen molar-refractivity contribution in [1.29, 1.82) is 0 Å². The molecule has 0 N–H and O–H groups in total. The first kappa shape index (κ1) is 16.9. The summed E-state index contributed by atoms with van der Waals surface area (Å²) < 4.78 is 10.2. The Kier molecular flexibility index (Phi) is 6.94. The van der Waals surface area contributed by atoms with Crippen LogP contribution in [0.4, 0.5) is 0 Å². The van der Waals surface area contributed by atoms with E-state index in [1.807, 2.05) is 42.3 Å². The van der Waals surface area contributed by atoms with Crippen LogP contribution in [0.15, 0.2) is 0 Å².